The maximum absolute atomic E-state index is 10.7. The summed E-state index contributed by atoms with van der Waals surface area (Å²) in [7, 11) is 0. The molecule has 1 N–H and O–H groups in total. The molecule has 4 heteroatoms. The van der Waals surface area contributed by atoms with E-state index in [9.17, 15) is 4.79 Å². The lowest BCUT2D eigenvalue weighted by Gasteiger charge is -2.04. The second kappa shape index (κ2) is 5.21. The van der Waals surface area contributed by atoms with E-state index in [-0.39, 0.29) is 6.42 Å². The standard InChI is InChI=1S/C14H18N2O2/c1-3-10-5-6-12-11(9-10)15-13(16(12)4-2)7-8-14(17)18/h5-6,9H,3-4,7-8H2,1-2H3,(H,17,18). The van der Waals surface area contributed by atoms with Gasteiger partial charge in [-0.15, -0.1) is 0 Å². The highest BCUT2D eigenvalue weighted by molar-refractivity contribution is 5.77. The van der Waals surface area contributed by atoms with Crippen molar-refractivity contribution >= 4 is 17.0 Å². The third kappa shape index (κ3) is 2.37. The summed E-state index contributed by atoms with van der Waals surface area (Å²) < 4.78 is 2.09. The van der Waals surface area contributed by atoms with Crippen molar-refractivity contribution in [2.75, 3.05) is 0 Å². The fourth-order valence-electron chi connectivity index (χ4n) is 2.21. The van der Waals surface area contributed by atoms with Gasteiger partial charge < -0.3 is 9.67 Å². The van der Waals surface area contributed by atoms with Gasteiger partial charge in [0.25, 0.3) is 0 Å². The number of aliphatic carboxylic acids is 1. The fourth-order valence-corrected chi connectivity index (χ4v) is 2.21. The van der Waals surface area contributed by atoms with Gasteiger partial charge in [0, 0.05) is 13.0 Å². The van der Waals surface area contributed by atoms with Crippen LogP contribution in [-0.4, -0.2) is 20.6 Å². The molecule has 18 heavy (non-hydrogen) atoms. The molecule has 0 fully saturated rings. The minimum atomic E-state index is -0.779. The molecule has 1 aromatic carbocycles. The number of aromatic nitrogens is 2. The van der Waals surface area contributed by atoms with Crippen molar-refractivity contribution in [2.45, 2.75) is 39.7 Å². The Morgan fingerprint density at radius 1 is 1.39 bits per heavy atom. The number of hydrogen-bond acceptors (Lipinski definition) is 2. The molecule has 0 spiro atoms. The van der Waals surface area contributed by atoms with Gasteiger partial charge in [0.2, 0.25) is 0 Å². The number of carboxylic acids is 1. The molecule has 0 saturated carbocycles. The number of carbonyl (C=O) groups is 1. The van der Waals surface area contributed by atoms with Crippen LogP contribution < -0.4 is 0 Å². The molecule has 1 heterocycles. The highest BCUT2D eigenvalue weighted by atomic mass is 16.4. The zero-order chi connectivity index (χ0) is 13.1. The first-order chi connectivity index (χ1) is 8.65. The molecule has 1 aromatic heterocycles. The van der Waals surface area contributed by atoms with Gasteiger partial charge in [-0.2, -0.15) is 0 Å². The fraction of sp³-hybridized carbons (Fsp3) is 0.429. The zero-order valence-electron chi connectivity index (χ0n) is 10.8. The Morgan fingerprint density at radius 3 is 2.78 bits per heavy atom. The first kappa shape index (κ1) is 12.6. The van der Waals surface area contributed by atoms with Crippen LogP contribution in [-0.2, 0) is 24.2 Å². The molecule has 0 bridgehead atoms. The average Bonchev–Trinajstić information content (AvgIpc) is 2.72. The normalized spacial score (nSPS) is 11.0. The smallest absolute Gasteiger partial charge is 0.303 e. The lowest BCUT2D eigenvalue weighted by molar-refractivity contribution is -0.137. The van der Waals surface area contributed by atoms with Crippen molar-refractivity contribution in [3.8, 4) is 0 Å². The number of hydrogen-bond donors (Lipinski definition) is 1. The summed E-state index contributed by atoms with van der Waals surface area (Å²) in [6, 6.07) is 6.28. The van der Waals surface area contributed by atoms with Crippen LogP contribution in [0.15, 0.2) is 18.2 Å². The highest BCUT2D eigenvalue weighted by Crippen LogP contribution is 2.19. The van der Waals surface area contributed by atoms with E-state index in [0.717, 1.165) is 29.8 Å². The molecule has 0 unspecified atom stereocenters. The molecular weight excluding hydrogens is 228 g/mol. The lowest BCUT2D eigenvalue weighted by atomic mass is 10.1. The van der Waals surface area contributed by atoms with Crippen LogP contribution in [0.5, 0.6) is 0 Å². The van der Waals surface area contributed by atoms with E-state index in [0.29, 0.717) is 6.42 Å². The van der Waals surface area contributed by atoms with Crippen LogP contribution >= 0.6 is 0 Å². The first-order valence-corrected chi connectivity index (χ1v) is 6.35. The van der Waals surface area contributed by atoms with Crippen molar-refractivity contribution in [1.82, 2.24) is 9.55 Å². The van der Waals surface area contributed by atoms with Crippen LogP contribution in [0.3, 0.4) is 0 Å². The molecule has 0 radical (unpaired) electrons. The lowest BCUT2D eigenvalue weighted by Crippen LogP contribution is -2.05. The number of benzene rings is 1. The van der Waals surface area contributed by atoms with Gasteiger partial charge in [-0.25, -0.2) is 4.98 Å². The summed E-state index contributed by atoms with van der Waals surface area (Å²) in [5.41, 5.74) is 3.32. The Bertz CT molecular complexity index is 572. The van der Waals surface area contributed by atoms with E-state index in [1.54, 1.807) is 0 Å². The molecule has 0 aliphatic heterocycles. The Kier molecular flexibility index (Phi) is 3.65. The van der Waals surface area contributed by atoms with Crippen LogP contribution in [0, 0.1) is 0 Å². The predicted molar refractivity (Wildman–Crippen MR) is 70.7 cm³/mol. The van der Waals surface area contributed by atoms with Crippen LogP contribution in [0.25, 0.3) is 11.0 Å². The van der Waals surface area contributed by atoms with Gasteiger partial charge in [0.1, 0.15) is 5.82 Å². The highest BCUT2D eigenvalue weighted by Gasteiger charge is 2.11. The van der Waals surface area contributed by atoms with Gasteiger partial charge in [-0.05, 0) is 31.0 Å². The Hall–Kier alpha value is -1.84. The van der Waals surface area contributed by atoms with Gasteiger partial charge in [-0.1, -0.05) is 13.0 Å². The van der Waals surface area contributed by atoms with Gasteiger partial charge in [-0.3, -0.25) is 4.79 Å². The third-order valence-electron chi connectivity index (χ3n) is 3.18. The topological polar surface area (TPSA) is 55.1 Å². The third-order valence-corrected chi connectivity index (χ3v) is 3.18. The number of imidazole rings is 1. The van der Waals surface area contributed by atoms with Crippen LogP contribution in [0.4, 0.5) is 0 Å². The number of carboxylic acid groups (broad SMARTS) is 1. The number of rotatable bonds is 5. The summed E-state index contributed by atoms with van der Waals surface area (Å²) in [4.78, 5) is 15.2. The molecular formula is C14H18N2O2. The maximum atomic E-state index is 10.7. The molecule has 2 rings (SSSR count). The van der Waals surface area contributed by atoms with Crippen LogP contribution in [0.2, 0.25) is 0 Å². The molecule has 4 nitrogen and oxygen atoms in total. The molecule has 2 aromatic rings. The van der Waals surface area contributed by atoms with E-state index in [4.69, 9.17) is 5.11 Å². The largest absolute Gasteiger partial charge is 0.481 e. The number of fused-ring (bicyclic) bond motifs is 1. The summed E-state index contributed by atoms with van der Waals surface area (Å²) >= 11 is 0. The van der Waals surface area contributed by atoms with Crippen molar-refractivity contribution in [2.24, 2.45) is 0 Å². The monoisotopic (exact) mass is 246 g/mol. The summed E-state index contributed by atoms with van der Waals surface area (Å²) in [5, 5.41) is 8.76. The Labute approximate surface area is 106 Å². The Balaban J connectivity index is 2.43. The number of nitrogens with zero attached hydrogens (tertiary/aromatic N) is 2. The van der Waals surface area contributed by atoms with Gasteiger partial charge in [0.05, 0.1) is 17.5 Å². The zero-order valence-corrected chi connectivity index (χ0v) is 10.8. The SMILES string of the molecule is CCc1ccc2c(c1)nc(CCC(=O)O)n2CC. The summed E-state index contributed by atoms with van der Waals surface area (Å²) in [6.45, 7) is 4.99. The molecule has 0 saturated heterocycles. The summed E-state index contributed by atoms with van der Waals surface area (Å²) in [6.07, 6.45) is 1.60. The second-order valence-corrected chi connectivity index (χ2v) is 4.34. The molecule has 96 valence electrons. The first-order valence-electron chi connectivity index (χ1n) is 6.35. The minimum absolute atomic E-state index is 0.129. The van der Waals surface area contributed by atoms with Crippen molar-refractivity contribution in [1.29, 1.82) is 0 Å². The molecule has 0 aliphatic rings. The molecule has 0 aliphatic carbocycles. The van der Waals surface area contributed by atoms with E-state index < -0.39 is 5.97 Å². The second-order valence-electron chi connectivity index (χ2n) is 4.34. The van der Waals surface area contributed by atoms with E-state index in [1.165, 1.54) is 5.56 Å². The van der Waals surface area contributed by atoms with Crippen molar-refractivity contribution < 1.29 is 9.90 Å². The summed E-state index contributed by atoms with van der Waals surface area (Å²) in [5.74, 6) is 0.0853. The van der Waals surface area contributed by atoms with E-state index in [1.807, 2.05) is 0 Å². The van der Waals surface area contributed by atoms with Gasteiger partial charge >= 0.3 is 5.97 Å². The minimum Gasteiger partial charge on any atom is -0.481 e. The van der Waals surface area contributed by atoms with Crippen molar-refractivity contribution in [3.05, 3.63) is 29.6 Å². The van der Waals surface area contributed by atoms with Crippen LogP contribution in [0.1, 0.15) is 31.7 Å². The van der Waals surface area contributed by atoms with Crippen molar-refractivity contribution in [3.63, 3.8) is 0 Å². The quantitative estimate of drug-likeness (QED) is 0.882. The molecule has 0 atom stereocenters. The van der Waals surface area contributed by atoms with Gasteiger partial charge in [0.15, 0.2) is 0 Å². The van der Waals surface area contributed by atoms with E-state index in [2.05, 4.69) is 41.6 Å². The number of aryl methyl sites for hydroxylation is 3. The van der Waals surface area contributed by atoms with E-state index >= 15 is 0 Å². The predicted octanol–water partition coefficient (Wildman–Crippen LogP) is 2.64. The molecule has 0 amide bonds. The average molecular weight is 246 g/mol. The maximum Gasteiger partial charge on any atom is 0.303 e. The Morgan fingerprint density at radius 2 is 2.17 bits per heavy atom.